The molecule has 0 aromatic heterocycles. The van der Waals surface area contributed by atoms with E-state index in [4.69, 9.17) is 5.73 Å². The first kappa shape index (κ1) is 15.2. The Kier molecular flexibility index (Phi) is 5.19. The van der Waals surface area contributed by atoms with E-state index < -0.39 is 10.2 Å². The molecule has 2 heterocycles. The summed E-state index contributed by atoms with van der Waals surface area (Å²) in [7, 11) is -3.27. The normalized spacial score (nSPS) is 28.0. The lowest BCUT2D eigenvalue weighted by Gasteiger charge is -2.34. The van der Waals surface area contributed by atoms with Crippen LogP contribution in [-0.4, -0.2) is 62.4 Å². The molecule has 1 atom stereocenters. The number of nitrogens with two attached hydrogens (primary N) is 1. The van der Waals surface area contributed by atoms with Crippen LogP contribution < -0.4 is 10.5 Å². The van der Waals surface area contributed by atoms with Crippen LogP contribution in [0, 0.1) is 0 Å². The van der Waals surface area contributed by atoms with Gasteiger partial charge in [0.15, 0.2) is 0 Å². The van der Waals surface area contributed by atoms with Crippen molar-refractivity contribution in [3.8, 4) is 0 Å². The van der Waals surface area contributed by atoms with Crippen LogP contribution in [-0.2, 0) is 10.2 Å². The Morgan fingerprint density at radius 1 is 1.21 bits per heavy atom. The molecule has 0 saturated carbocycles. The Morgan fingerprint density at radius 3 is 2.53 bits per heavy atom. The lowest BCUT2D eigenvalue weighted by Crippen LogP contribution is -2.47. The van der Waals surface area contributed by atoms with Gasteiger partial charge in [-0.2, -0.15) is 12.7 Å². The van der Waals surface area contributed by atoms with E-state index in [1.807, 2.05) is 6.92 Å². The molecular formula is C12H26N4O2S. The summed E-state index contributed by atoms with van der Waals surface area (Å²) in [6.45, 7) is 5.74. The van der Waals surface area contributed by atoms with E-state index >= 15 is 0 Å². The number of piperidine rings is 1. The van der Waals surface area contributed by atoms with E-state index in [9.17, 15) is 8.42 Å². The highest BCUT2D eigenvalue weighted by Gasteiger charge is 2.34. The highest BCUT2D eigenvalue weighted by atomic mass is 32.2. The predicted octanol–water partition coefficient (Wildman–Crippen LogP) is -0.272. The second-order valence-electron chi connectivity index (χ2n) is 5.57. The third-order valence-electron chi connectivity index (χ3n) is 4.09. The minimum Gasteiger partial charge on any atom is -0.328 e. The number of hydrogen-bond donors (Lipinski definition) is 2. The SMILES string of the molecule is CCCNS(=O)(=O)N1CCC(N2CCC(N)CC2)C1. The lowest BCUT2D eigenvalue weighted by molar-refractivity contribution is 0.159. The van der Waals surface area contributed by atoms with Crippen LogP contribution in [0.25, 0.3) is 0 Å². The molecule has 0 bridgehead atoms. The van der Waals surface area contributed by atoms with Gasteiger partial charge in [0.2, 0.25) is 0 Å². The smallest absolute Gasteiger partial charge is 0.279 e. The first-order valence-electron chi connectivity index (χ1n) is 7.27. The Hall–Kier alpha value is -0.210. The fourth-order valence-electron chi connectivity index (χ4n) is 2.83. The Bertz CT molecular complexity index is 379. The van der Waals surface area contributed by atoms with Gasteiger partial charge in [0.05, 0.1) is 0 Å². The summed E-state index contributed by atoms with van der Waals surface area (Å²) in [4.78, 5) is 2.40. The summed E-state index contributed by atoms with van der Waals surface area (Å²) in [5.41, 5.74) is 5.90. The summed E-state index contributed by atoms with van der Waals surface area (Å²) < 4.78 is 28.3. The first-order valence-corrected chi connectivity index (χ1v) is 8.71. The van der Waals surface area contributed by atoms with E-state index in [1.54, 1.807) is 4.31 Å². The van der Waals surface area contributed by atoms with Crippen LogP contribution in [0.5, 0.6) is 0 Å². The molecule has 0 radical (unpaired) electrons. The number of nitrogens with one attached hydrogen (secondary N) is 1. The van der Waals surface area contributed by atoms with Crippen LogP contribution in [0.2, 0.25) is 0 Å². The van der Waals surface area contributed by atoms with Crippen molar-refractivity contribution in [1.82, 2.24) is 13.9 Å². The van der Waals surface area contributed by atoms with E-state index in [1.165, 1.54) is 0 Å². The molecule has 19 heavy (non-hydrogen) atoms. The maximum absolute atomic E-state index is 12.0. The molecule has 2 saturated heterocycles. The number of rotatable bonds is 5. The van der Waals surface area contributed by atoms with Crippen molar-refractivity contribution in [1.29, 1.82) is 0 Å². The average molecular weight is 290 g/mol. The van der Waals surface area contributed by atoms with Gasteiger partial charge in [0, 0.05) is 31.7 Å². The van der Waals surface area contributed by atoms with Gasteiger partial charge >= 0.3 is 0 Å². The molecule has 1 unspecified atom stereocenters. The zero-order valence-corrected chi connectivity index (χ0v) is 12.5. The third kappa shape index (κ3) is 3.88. The van der Waals surface area contributed by atoms with Crippen LogP contribution in [0.4, 0.5) is 0 Å². The van der Waals surface area contributed by atoms with Crippen molar-refractivity contribution in [3.63, 3.8) is 0 Å². The largest absolute Gasteiger partial charge is 0.328 e. The van der Waals surface area contributed by atoms with Gasteiger partial charge in [-0.05, 0) is 38.8 Å². The summed E-state index contributed by atoms with van der Waals surface area (Å²) in [6, 6.07) is 0.689. The molecule has 0 aromatic carbocycles. The Balaban J connectivity index is 1.86. The Morgan fingerprint density at radius 2 is 1.89 bits per heavy atom. The Labute approximate surface area is 116 Å². The van der Waals surface area contributed by atoms with Crippen LogP contribution >= 0.6 is 0 Å². The van der Waals surface area contributed by atoms with Crippen molar-refractivity contribution in [3.05, 3.63) is 0 Å². The van der Waals surface area contributed by atoms with Crippen molar-refractivity contribution < 1.29 is 8.42 Å². The summed E-state index contributed by atoms with van der Waals surface area (Å²) in [5.74, 6) is 0. The molecule has 2 aliphatic rings. The maximum Gasteiger partial charge on any atom is 0.279 e. The highest BCUT2D eigenvalue weighted by molar-refractivity contribution is 7.87. The first-order chi connectivity index (χ1) is 9.03. The zero-order valence-electron chi connectivity index (χ0n) is 11.7. The van der Waals surface area contributed by atoms with Crippen molar-refractivity contribution in [2.75, 3.05) is 32.7 Å². The maximum atomic E-state index is 12.0. The fourth-order valence-corrected chi connectivity index (χ4v) is 4.19. The zero-order chi connectivity index (χ0) is 13.9. The molecule has 112 valence electrons. The minimum absolute atomic E-state index is 0.323. The van der Waals surface area contributed by atoms with Crippen molar-refractivity contribution >= 4 is 10.2 Å². The molecular weight excluding hydrogens is 264 g/mol. The van der Waals surface area contributed by atoms with Crippen LogP contribution in [0.1, 0.15) is 32.6 Å². The van der Waals surface area contributed by atoms with Gasteiger partial charge in [-0.25, -0.2) is 4.72 Å². The standard InChI is InChI=1S/C12H26N4O2S/c1-2-6-14-19(17,18)16-9-5-12(10-16)15-7-3-11(13)4-8-15/h11-12,14H,2-10,13H2,1H3. The number of nitrogens with zero attached hydrogens (tertiary/aromatic N) is 2. The van der Waals surface area contributed by atoms with Gasteiger partial charge in [-0.3, -0.25) is 4.90 Å². The lowest BCUT2D eigenvalue weighted by atomic mass is 10.0. The molecule has 2 fully saturated rings. The average Bonchev–Trinajstić information content (AvgIpc) is 2.88. The van der Waals surface area contributed by atoms with Crippen molar-refractivity contribution in [2.45, 2.75) is 44.7 Å². The fraction of sp³-hybridized carbons (Fsp3) is 1.00. The van der Waals surface area contributed by atoms with Crippen LogP contribution in [0.15, 0.2) is 0 Å². The molecule has 0 amide bonds. The van der Waals surface area contributed by atoms with E-state index in [2.05, 4.69) is 9.62 Å². The quantitative estimate of drug-likeness (QED) is 0.730. The van der Waals surface area contributed by atoms with Gasteiger partial charge in [-0.1, -0.05) is 6.92 Å². The monoisotopic (exact) mass is 290 g/mol. The van der Waals surface area contributed by atoms with Crippen LogP contribution in [0.3, 0.4) is 0 Å². The topological polar surface area (TPSA) is 78.7 Å². The molecule has 2 rings (SSSR count). The molecule has 0 aliphatic carbocycles. The summed E-state index contributed by atoms with van der Waals surface area (Å²) in [5, 5.41) is 0. The molecule has 7 heteroatoms. The van der Waals surface area contributed by atoms with Gasteiger partial charge in [0.25, 0.3) is 10.2 Å². The van der Waals surface area contributed by atoms with Gasteiger partial charge in [-0.15, -0.1) is 0 Å². The second kappa shape index (κ2) is 6.49. The molecule has 2 aliphatic heterocycles. The minimum atomic E-state index is -3.27. The summed E-state index contributed by atoms with van der Waals surface area (Å²) >= 11 is 0. The molecule has 6 nitrogen and oxygen atoms in total. The van der Waals surface area contributed by atoms with Crippen molar-refractivity contribution in [2.24, 2.45) is 5.73 Å². The number of hydrogen-bond acceptors (Lipinski definition) is 4. The summed E-state index contributed by atoms with van der Waals surface area (Å²) in [6.07, 6.45) is 3.80. The van der Waals surface area contributed by atoms with Gasteiger partial charge < -0.3 is 5.73 Å². The van der Waals surface area contributed by atoms with E-state index in [0.717, 1.165) is 38.8 Å². The molecule has 3 N–H and O–H groups in total. The highest BCUT2D eigenvalue weighted by Crippen LogP contribution is 2.21. The molecule has 0 spiro atoms. The van der Waals surface area contributed by atoms with E-state index in [0.29, 0.717) is 31.7 Å². The van der Waals surface area contributed by atoms with E-state index in [-0.39, 0.29) is 0 Å². The predicted molar refractivity (Wildman–Crippen MR) is 76.0 cm³/mol. The second-order valence-corrected chi connectivity index (χ2v) is 7.33. The third-order valence-corrected chi connectivity index (χ3v) is 5.67. The van der Waals surface area contributed by atoms with Gasteiger partial charge in [0.1, 0.15) is 0 Å². The molecule has 0 aromatic rings. The number of likely N-dealkylation sites (tertiary alicyclic amines) is 1.